The molecule has 5 aromatic carbocycles. The van der Waals surface area contributed by atoms with Crippen molar-refractivity contribution in [2.75, 3.05) is 10.8 Å². The number of hydrogen-bond donors (Lipinski definition) is 1. The highest BCUT2D eigenvalue weighted by atomic mass is 79.9. The maximum Gasteiger partial charge on any atom is 0.264 e. The molecule has 0 aliphatic heterocycles. The number of carbonyl (C=O) groups is 2. The normalized spacial score (nSPS) is 12.4. The molecule has 258 valence electrons. The van der Waals surface area contributed by atoms with Crippen LogP contribution in [0.5, 0.6) is 11.5 Å². The zero-order valence-corrected chi connectivity index (χ0v) is 30.4. The number of benzene rings is 5. The first-order valence-electron chi connectivity index (χ1n) is 16.4. The van der Waals surface area contributed by atoms with Gasteiger partial charge in [-0.05, 0) is 85.1 Å². The van der Waals surface area contributed by atoms with Crippen LogP contribution in [0.4, 0.5) is 5.69 Å². The number of hydrogen-bond acceptors (Lipinski definition) is 5. The van der Waals surface area contributed by atoms with Gasteiger partial charge in [-0.1, -0.05) is 102 Å². The van der Waals surface area contributed by atoms with E-state index in [1.165, 1.54) is 17.0 Å². The first-order chi connectivity index (χ1) is 24.1. The first-order valence-corrected chi connectivity index (χ1v) is 18.7. The van der Waals surface area contributed by atoms with Crippen LogP contribution in [0.1, 0.15) is 31.4 Å². The summed E-state index contributed by atoms with van der Waals surface area (Å²) in [5.41, 5.74) is 1.93. The number of anilines is 1. The van der Waals surface area contributed by atoms with E-state index in [9.17, 15) is 18.0 Å². The Kier molecular flexibility index (Phi) is 12.5. The number of sulfonamides is 1. The van der Waals surface area contributed by atoms with Crippen LogP contribution in [-0.2, 0) is 32.6 Å². The third kappa shape index (κ3) is 9.61. The summed E-state index contributed by atoms with van der Waals surface area (Å²) in [6.45, 7) is 3.43. The van der Waals surface area contributed by atoms with Crippen molar-refractivity contribution in [1.82, 2.24) is 10.2 Å². The molecule has 5 aromatic rings. The summed E-state index contributed by atoms with van der Waals surface area (Å²) < 4.78 is 36.5. The number of carbonyl (C=O) groups excluding carboxylic acids is 2. The fourth-order valence-corrected chi connectivity index (χ4v) is 7.03. The molecular formula is C40H40BrN3O5S. The fraction of sp³-hybridized carbons (Fsp3) is 0.200. The molecule has 10 heteroatoms. The van der Waals surface area contributed by atoms with Crippen LogP contribution in [0.25, 0.3) is 0 Å². The Morgan fingerprint density at radius 3 is 1.90 bits per heavy atom. The van der Waals surface area contributed by atoms with E-state index in [0.717, 1.165) is 19.9 Å². The molecule has 0 aliphatic rings. The van der Waals surface area contributed by atoms with Gasteiger partial charge in [0.2, 0.25) is 11.8 Å². The number of ether oxygens (including phenoxy) is 1. The number of nitrogens with zero attached hydrogens (tertiary/aromatic N) is 2. The number of halogens is 1. The minimum Gasteiger partial charge on any atom is -0.457 e. The molecule has 8 nitrogen and oxygen atoms in total. The molecular weight excluding hydrogens is 714 g/mol. The molecule has 50 heavy (non-hydrogen) atoms. The Balaban J connectivity index is 1.55. The van der Waals surface area contributed by atoms with E-state index in [2.05, 4.69) is 21.2 Å². The van der Waals surface area contributed by atoms with Crippen LogP contribution >= 0.6 is 15.9 Å². The minimum atomic E-state index is -4.22. The predicted octanol–water partition coefficient (Wildman–Crippen LogP) is 7.99. The van der Waals surface area contributed by atoms with E-state index in [-0.39, 0.29) is 35.5 Å². The largest absolute Gasteiger partial charge is 0.457 e. The van der Waals surface area contributed by atoms with Crippen molar-refractivity contribution in [2.24, 2.45) is 0 Å². The average molecular weight is 755 g/mol. The Hall–Kier alpha value is -4.93. The summed E-state index contributed by atoms with van der Waals surface area (Å²) in [4.78, 5) is 30.2. The topological polar surface area (TPSA) is 96.0 Å². The monoisotopic (exact) mass is 753 g/mol. The molecule has 1 N–H and O–H groups in total. The van der Waals surface area contributed by atoms with Crippen molar-refractivity contribution in [1.29, 1.82) is 0 Å². The van der Waals surface area contributed by atoms with E-state index < -0.39 is 28.5 Å². The van der Waals surface area contributed by atoms with Gasteiger partial charge in [-0.3, -0.25) is 13.9 Å². The molecule has 0 saturated carbocycles. The van der Waals surface area contributed by atoms with Crippen molar-refractivity contribution in [3.8, 4) is 11.5 Å². The van der Waals surface area contributed by atoms with E-state index in [1.54, 1.807) is 42.5 Å². The van der Waals surface area contributed by atoms with Gasteiger partial charge in [0.25, 0.3) is 10.0 Å². The number of amides is 2. The maximum absolute atomic E-state index is 14.7. The highest BCUT2D eigenvalue weighted by molar-refractivity contribution is 9.10. The van der Waals surface area contributed by atoms with Crippen molar-refractivity contribution in [3.63, 3.8) is 0 Å². The lowest BCUT2D eigenvalue weighted by atomic mass is 10.0. The van der Waals surface area contributed by atoms with Crippen molar-refractivity contribution in [3.05, 3.63) is 155 Å². The SMILES string of the molecule is CCC(C)NC(=O)C(Cc1ccccc1)N(Cc1ccc(Br)cc1)C(=O)CN(c1ccc(Oc2ccccc2)cc1)S(=O)(=O)c1ccccc1. The van der Waals surface area contributed by atoms with Crippen LogP contribution < -0.4 is 14.4 Å². The summed E-state index contributed by atoms with van der Waals surface area (Å²) in [6, 6.07) is 39.7. The minimum absolute atomic E-state index is 0.0345. The van der Waals surface area contributed by atoms with Crippen LogP contribution in [0.3, 0.4) is 0 Å². The maximum atomic E-state index is 14.7. The van der Waals surface area contributed by atoms with E-state index in [1.807, 2.05) is 98.8 Å². The standard InChI is InChI=1S/C40H40BrN3O5S/c1-3-30(2)42-40(46)38(27-31-13-7-4-8-14-31)43(28-32-19-21-33(41)22-20-32)39(45)29-44(50(47,48)37-17-11-6-12-18-37)34-23-25-36(26-24-34)49-35-15-9-5-10-16-35/h4-26,30,38H,3,27-29H2,1-2H3,(H,42,46). The highest BCUT2D eigenvalue weighted by Gasteiger charge is 2.35. The second kappa shape index (κ2) is 17.1. The molecule has 0 radical (unpaired) electrons. The summed E-state index contributed by atoms with van der Waals surface area (Å²) >= 11 is 3.47. The summed E-state index contributed by atoms with van der Waals surface area (Å²) in [5, 5.41) is 3.06. The smallest absolute Gasteiger partial charge is 0.264 e. The molecule has 0 spiro atoms. The van der Waals surface area contributed by atoms with Gasteiger partial charge in [-0.15, -0.1) is 0 Å². The first kappa shape index (κ1) is 36.4. The van der Waals surface area contributed by atoms with E-state index in [4.69, 9.17) is 4.74 Å². The van der Waals surface area contributed by atoms with Gasteiger partial charge in [-0.2, -0.15) is 0 Å². The summed E-state index contributed by atoms with van der Waals surface area (Å²) in [6.07, 6.45) is 0.944. The Labute approximate surface area is 302 Å². The second-order valence-electron chi connectivity index (χ2n) is 11.9. The molecule has 0 heterocycles. The molecule has 0 bridgehead atoms. The van der Waals surface area contributed by atoms with Crippen molar-refractivity contribution in [2.45, 2.75) is 50.2 Å². The average Bonchev–Trinajstić information content (AvgIpc) is 3.14. The van der Waals surface area contributed by atoms with Crippen LogP contribution in [0, 0.1) is 0 Å². The second-order valence-corrected chi connectivity index (χ2v) is 14.7. The van der Waals surface area contributed by atoms with Crippen LogP contribution in [0.2, 0.25) is 0 Å². The molecule has 0 aromatic heterocycles. The molecule has 2 atom stereocenters. The third-order valence-electron chi connectivity index (χ3n) is 8.25. The van der Waals surface area contributed by atoms with Gasteiger partial charge >= 0.3 is 0 Å². The number of rotatable bonds is 15. The number of para-hydroxylation sites is 1. The zero-order valence-electron chi connectivity index (χ0n) is 28.0. The lowest BCUT2D eigenvalue weighted by molar-refractivity contribution is -0.140. The lowest BCUT2D eigenvalue weighted by Gasteiger charge is -2.34. The van der Waals surface area contributed by atoms with Crippen LogP contribution in [0.15, 0.2) is 149 Å². The van der Waals surface area contributed by atoms with Crippen molar-refractivity contribution >= 4 is 43.5 Å². The van der Waals surface area contributed by atoms with Crippen LogP contribution in [-0.4, -0.2) is 43.8 Å². The molecule has 2 amide bonds. The Morgan fingerprint density at radius 1 is 0.740 bits per heavy atom. The summed E-state index contributed by atoms with van der Waals surface area (Å²) in [7, 11) is -4.22. The predicted molar refractivity (Wildman–Crippen MR) is 200 cm³/mol. The third-order valence-corrected chi connectivity index (χ3v) is 10.6. The van der Waals surface area contributed by atoms with Gasteiger partial charge in [-0.25, -0.2) is 8.42 Å². The fourth-order valence-electron chi connectivity index (χ4n) is 5.34. The quantitative estimate of drug-likeness (QED) is 0.117. The van der Waals surface area contributed by atoms with Gasteiger partial charge < -0.3 is 15.0 Å². The molecule has 2 unspecified atom stereocenters. The Bertz CT molecular complexity index is 1940. The Morgan fingerprint density at radius 2 is 1.30 bits per heavy atom. The molecule has 0 saturated heterocycles. The van der Waals surface area contributed by atoms with Crippen molar-refractivity contribution < 1.29 is 22.7 Å². The lowest BCUT2D eigenvalue weighted by Crippen LogP contribution is -2.54. The van der Waals surface area contributed by atoms with Gasteiger partial charge in [0, 0.05) is 23.5 Å². The summed E-state index contributed by atoms with van der Waals surface area (Å²) in [5.74, 6) is 0.295. The zero-order chi connectivity index (χ0) is 35.5. The molecule has 0 aliphatic carbocycles. The van der Waals surface area contributed by atoms with Gasteiger partial charge in [0.15, 0.2) is 0 Å². The van der Waals surface area contributed by atoms with E-state index in [0.29, 0.717) is 17.9 Å². The van der Waals surface area contributed by atoms with Gasteiger partial charge in [0.1, 0.15) is 24.1 Å². The van der Waals surface area contributed by atoms with E-state index >= 15 is 0 Å². The highest BCUT2D eigenvalue weighted by Crippen LogP contribution is 2.29. The molecule has 5 rings (SSSR count). The number of nitrogens with one attached hydrogen (secondary N) is 1. The van der Waals surface area contributed by atoms with Gasteiger partial charge in [0.05, 0.1) is 10.6 Å². The molecule has 0 fully saturated rings.